The van der Waals surface area contributed by atoms with Gasteiger partial charge >= 0.3 is 6.18 Å². The molecule has 7 heteroatoms. The van der Waals surface area contributed by atoms with Crippen molar-refractivity contribution in [2.24, 2.45) is 0 Å². The monoisotopic (exact) mass is 323 g/mol. The Kier molecular flexibility index (Phi) is 4.21. The Labute approximate surface area is 131 Å². The molecule has 0 bridgehead atoms. The summed E-state index contributed by atoms with van der Waals surface area (Å²) in [5.41, 5.74) is -0.172. The van der Waals surface area contributed by atoms with Crippen LogP contribution in [0.1, 0.15) is 18.4 Å². The number of alkyl halides is 3. The average Bonchev–Trinajstić information content (AvgIpc) is 2.54. The van der Waals surface area contributed by atoms with Gasteiger partial charge in [0.1, 0.15) is 5.82 Å². The molecular formula is C16H16F3N3O. The number of piperidine rings is 1. The molecule has 1 aromatic heterocycles. The van der Waals surface area contributed by atoms with E-state index in [9.17, 15) is 18.3 Å². The third kappa shape index (κ3) is 3.61. The van der Waals surface area contributed by atoms with E-state index in [-0.39, 0.29) is 6.10 Å². The molecule has 23 heavy (non-hydrogen) atoms. The smallest absolute Gasteiger partial charge is 0.391 e. The predicted octanol–water partition coefficient (Wildman–Crippen LogP) is 3.12. The van der Waals surface area contributed by atoms with Crippen LogP contribution in [0.4, 0.5) is 19.0 Å². The van der Waals surface area contributed by atoms with Crippen LogP contribution >= 0.6 is 0 Å². The molecule has 1 aliphatic heterocycles. The third-order valence-corrected chi connectivity index (χ3v) is 3.83. The van der Waals surface area contributed by atoms with Gasteiger partial charge in [-0.3, -0.25) is 0 Å². The highest BCUT2D eigenvalue weighted by Gasteiger charge is 2.30. The first-order valence-corrected chi connectivity index (χ1v) is 7.37. The van der Waals surface area contributed by atoms with E-state index in [1.807, 2.05) is 4.90 Å². The van der Waals surface area contributed by atoms with Crippen molar-refractivity contribution in [1.82, 2.24) is 9.97 Å². The zero-order chi connectivity index (χ0) is 16.4. The highest BCUT2D eigenvalue weighted by molar-refractivity contribution is 5.58. The lowest BCUT2D eigenvalue weighted by atomic mass is 10.1. The van der Waals surface area contributed by atoms with Gasteiger partial charge < -0.3 is 10.0 Å². The van der Waals surface area contributed by atoms with Gasteiger partial charge in [0.15, 0.2) is 5.82 Å². The van der Waals surface area contributed by atoms with E-state index in [0.717, 1.165) is 31.5 Å². The van der Waals surface area contributed by atoms with Crippen LogP contribution in [0.5, 0.6) is 0 Å². The van der Waals surface area contributed by atoms with Crippen molar-refractivity contribution in [1.29, 1.82) is 0 Å². The minimum Gasteiger partial charge on any atom is -0.391 e. The molecule has 2 heterocycles. The quantitative estimate of drug-likeness (QED) is 0.922. The van der Waals surface area contributed by atoms with Crippen LogP contribution in [-0.4, -0.2) is 34.3 Å². The van der Waals surface area contributed by atoms with Crippen molar-refractivity contribution in [3.05, 3.63) is 42.1 Å². The fourth-order valence-corrected chi connectivity index (χ4v) is 2.64. The molecule has 2 aromatic rings. The summed E-state index contributed by atoms with van der Waals surface area (Å²) in [5, 5.41) is 9.74. The number of benzene rings is 1. The largest absolute Gasteiger partial charge is 0.416 e. The van der Waals surface area contributed by atoms with Gasteiger partial charge in [-0.2, -0.15) is 13.2 Å². The van der Waals surface area contributed by atoms with Gasteiger partial charge in [-0.05, 0) is 31.0 Å². The highest BCUT2D eigenvalue weighted by atomic mass is 19.4. The molecule has 0 aliphatic carbocycles. The van der Waals surface area contributed by atoms with E-state index >= 15 is 0 Å². The lowest BCUT2D eigenvalue weighted by Gasteiger charge is -2.31. The molecule has 0 unspecified atom stereocenters. The Morgan fingerprint density at radius 1 is 1.13 bits per heavy atom. The molecule has 0 saturated carbocycles. The van der Waals surface area contributed by atoms with Crippen molar-refractivity contribution in [3.63, 3.8) is 0 Å². The molecule has 0 spiro atoms. The number of β-amino-alcohol motifs (C(OH)–C–C–N with tert-alkyl or cyclic N) is 1. The summed E-state index contributed by atoms with van der Waals surface area (Å²) in [6.07, 6.45) is -1.51. The molecule has 1 N–H and O–H groups in total. The summed E-state index contributed by atoms with van der Waals surface area (Å²) in [4.78, 5) is 10.5. The van der Waals surface area contributed by atoms with E-state index < -0.39 is 11.7 Å². The number of hydrogen-bond donors (Lipinski definition) is 1. The maximum Gasteiger partial charge on any atom is 0.416 e. The van der Waals surface area contributed by atoms with Crippen molar-refractivity contribution >= 4 is 5.82 Å². The number of rotatable bonds is 2. The molecule has 0 amide bonds. The SMILES string of the molecule is O[C@H]1CCCN(c2ccnc(-c3ccc(C(F)(F)F)cc3)n2)C1. The lowest BCUT2D eigenvalue weighted by molar-refractivity contribution is -0.137. The number of aliphatic hydroxyl groups excluding tert-OH is 1. The summed E-state index contributed by atoms with van der Waals surface area (Å²) in [5.74, 6) is 1.05. The molecule has 1 aromatic carbocycles. The topological polar surface area (TPSA) is 49.2 Å². The Morgan fingerprint density at radius 2 is 1.87 bits per heavy atom. The highest BCUT2D eigenvalue weighted by Crippen LogP contribution is 2.30. The Bertz CT molecular complexity index is 673. The van der Waals surface area contributed by atoms with Crippen molar-refractivity contribution in [2.45, 2.75) is 25.1 Å². The summed E-state index contributed by atoms with van der Waals surface area (Å²) in [6.45, 7) is 1.30. The number of halogens is 3. The number of aromatic nitrogens is 2. The van der Waals surface area contributed by atoms with Gasteiger partial charge in [-0.1, -0.05) is 12.1 Å². The maximum absolute atomic E-state index is 12.6. The molecule has 3 rings (SSSR count). The molecule has 1 atom stereocenters. The number of nitrogens with zero attached hydrogens (tertiary/aromatic N) is 3. The van der Waals surface area contributed by atoms with Crippen LogP contribution in [0.15, 0.2) is 36.5 Å². The normalized spacial score (nSPS) is 19.0. The van der Waals surface area contributed by atoms with Gasteiger partial charge in [0.25, 0.3) is 0 Å². The summed E-state index contributed by atoms with van der Waals surface area (Å²) in [6, 6.07) is 6.53. The maximum atomic E-state index is 12.6. The molecule has 1 saturated heterocycles. The number of aliphatic hydroxyl groups is 1. The van der Waals surface area contributed by atoms with E-state index in [1.54, 1.807) is 12.3 Å². The Morgan fingerprint density at radius 3 is 2.52 bits per heavy atom. The standard InChI is InChI=1S/C16H16F3N3O/c17-16(18,19)12-5-3-11(4-6-12)15-20-8-7-14(21-15)22-9-1-2-13(23)10-22/h3-8,13,23H,1-2,9-10H2/t13-/m0/s1. The summed E-state index contributed by atoms with van der Waals surface area (Å²) < 4.78 is 37.8. The first-order chi connectivity index (χ1) is 10.9. The molecule has 4 nitrogen and oxygen atoms in total. The van der Waals surface area contributed by atoms with Gasteiger partial charge in [-0.15, -0.1) is 0 Å². The van der Waals surface area contributed by atoms with E-state index in [4.69, 9.17) is 0 Å². The van der Waals surface area contributed by atoms with Crippen LogP contribution in [0.3, 0.4) is 0 Å². The summed E-state index contributed by atoms with van der Waals surface area (Å²) in [7, 11) is 0. The molecule has 0 radical (unpaired) electrons. The van der Waals surface area contributed by atoms with E-state index in [1.165, 1.54) is 12.1 Å². The van der Waals surface area contributed by atoms with Gasteiger partial charge in [0, 0.05) is 24.8 Å². The lowest BCUT2D eigenvalue weighted by Crippen LogP contribution is -2.38. The van der Waals surface area contributed by atoms with Crippen LogP contribution in [0.2, 0.25) is 0 Å². The van der Waals surface area contributed by atoms with Crippen molar-refractivity contribution in [3.8, 4) is 11.4 Å². The minimum absolute atomic E-state index is 0.372. The number of hydrogen-bond acceptors (Lipinski definition) is 4. The zero-order valence-electron chi connectivity index (χ0n) is 12.3. The van der Waals surface area contributed by atoms with E-state index in [2.05, 4.69) is 9.97 Å². The first-order valence-electron chi connectivity index (χ1n) is 7.37. The zero-order valence-corrected chi connectivity index (χ0v) is 12.3. The molecule has 1 fully saturated rings. The van der Waals surface area contributed by atoms with Crippen LogP contribution in [0, 0.1) is 0 Å². The second-order valence-electron chi connectivity index (χ2n) is 5.56. The fraction of sp³-hybridized carbons (Fsp3) is 0.375. The van der Waals surface area contributed by atoms with E-state index in [0.29, 0.717) is 23.8 Å². The minimum atomic E-state index is -4.36. The summed E-state index contributed by atoms with van der Waals surface area (Å²) >= 11 is 0. The molecule has 122 valence electrons. The molecular weight excluding hydrogens is 307 g/mol. The fourth-order valence-electron chi connectivity index (χ4n) is 2.64. The second kappa shape index (κ2) is 6.16. The number of anilines is 1. The van der Waals surface area contributed by atoms with Crippen LogP contribution in [-0.2, 0) is 6.18 Å². The van der Waals surface area contributed by atoms with Crippen LogP contribution in [0.25, 0.3) is 11.4 Å². The van der Waals surface area contributed by atoms with Crippen LogP contribution < -0.4 is 4.90 Å². The third-order valence-electron chi connectivity index (χ3n) is 3.83. The Hall–Kier alpha value is -2.15. The second-order valence-corrected chi connectivity index (χ2v) is 5.56. The van der Waals surface area contributed by atoms with Crippen molar-refractivity contribution in [2.75, 3.05) is 18.0 Å². The first kappa shape index (κ1) is 15.7. The molecule has 1 aliphatic rings. The van der Waals surface area contributed by atoms with Gasteiger partial charge in [0.05, 0.1) is 11.7 Å². The van der Waals surface area contributed by atoms with Gasteiger partial charge in [-0.25, -0.2) is 9.97 Å². The Balaban J connectivity index is 1.85. The predicted molar refractivity (Wildman–Crippen MR) is 79.9 cm³/mol. The van der Waals surface area contributed by atoms with Crippen molar-refractivity contribution < 1.29 is 18.3 Å². The average molecular weight is 323 g/mol. The van der Waals surface area contributed by atoms with Gasteiger partial charge in [0.2, 0.25) is 0 Å².